The Kier molecular flexibility index (Phi) is 4.75. The molecule has 0 N–H and O–H groups in total. The van der Waals surface area contributed by atoms with Crippen molar-refractivity contribution in [1.29, 1.82) is 0 Å². The van der Waals surface area contributed by atoms with Gasteiger partial charge in [0.25, 0.3) is 11.6 Å². The van der Waals surface area contributed by atoms with Crippen molar-refractivity contribution in [3.05, 3.63) is 94.5 Å². The van der Waals surface area contributed by atoms with Gasteiger partial charge < -0.3 is 9.80 Å². The molecule has 1 heterocycles. The Balaban J connectivity index is 1.42. The molecular weight excluding hydrogens is 390 g/mol. The zero-order chi connectivity index (χ0) is 21.4. The first-order chi connectivity index (χ1) is 15.1. The molecule has 0 radical (unpaired) electrons. The van der Waals surface area contributed by atoms with Gasteiger partial charge in [-0.2, -0.15) is 0 Å². The van der Waals surface area contributed by atoms with Crippen molar-refractivity contribution in [2.24, 2.45) is 0 Å². The van der Waals surface area contributed by atoms with Crippen molar-refractivity contribution >= 4 is 38.8 Å². The van der Waals surface area contributed by atoms with Crippen LogP contribution in [0, 0.1) is 10.1 Å². The van der Waals surface area contributed by atoms with Gasteiger partial charge in [-0.3, -0.25) is 14.9 Å². The lowest BCUT2D eigenvalue weighted by molar-refractivity contribution is -0.384. The van der Waals surface area contributed by atoms with E-state index in [-0.39, 0.29) is 11.6 Å². The van der Waals surface area contributed by atoms with Crippen LogP contribution in [0.2, 0.25) is 0 Å². The van der Waals surface area contributed by atoms with Crippen LogP contribution in [0.1, 0.15) is 10.4 Å². The standard InChI is InChI=1S/C25H21N3O3/c29-25(24-22-7-3-1-5-18(22)17-19-6-2-4-8-23(19)24)27-15-13-26(14-16-27)20-9-11-21(12-10-20)28(30)31/h1-12,17H,13-16H2. The number of carbonyl (C=O) groups is 1. The Morgan fingerprint density at radius 2 is 1.32 bits per heavy atom. The summed E-state index contributed by atoms with van der Waals surface area (Å²) in [5, 5.41) is 15.0. The number of hydrogen-bond acceptors (Lipinski definition) is 4. The van der Waals surface area contributed by atoms with E-state index in [0.717, 1.165) is 32.8 Å². The van der Waals surface area contributed by atoms with Crippen molar-refractivity contribution < 1.29 is 9.72 Å². The smallest absolute Gasteiger partial charge is 0.269 e. The summed E-state index contributed by atoms with van der Waals surface area (Å²) >= 11 is 0. The number of rotatable bonds is 3. The van der Waals surface area contributed by atoms with E-state index in [1.165, 1.54) is 12.1 Å². The first-order valence-corrected chi connectivity index (χ1v) is 10.3. The number of fused-ring (bicyclic) bond motifs is 2. The molecule has 31 heavy (non-hydrogen) atoms. The minimum absolute atomic E-state index is 0.0522. The van der Waals surface area contributed by atoms with Crippen LogP contribution in [0.25, 0.3) is 21.5 Å². The summed E-state index contributed by atoms with van der Waals surface area (Å²) in [5.74, 6) is 0.0522. The monoisotopic (exact) mass is 411 g/mol. The molecule has 1 aliphatic heterocycles. The number of nitrogens with zero attached hydrogens (tertiary/aromatic N) is 3. The zero-order valence-electron chi connectivity index (χ0n) is 16.9. The number of benzene rings is 4. The molecule has 6 nitrogen and oxygen atoms in total. The summed E-state index contributed by atoms with van der Waals surface area (Å²) in [4.78, 5) is 28.2. The second-order valence-electron chi connectivity index (χ2n) is 7.75. The average Bonchev–Trinajstić information content (AvgIpc) is 2.82. The Labute approximate surface area is 179 Å². The first kappa shape index (κ1) is 19.1. The van der Waals surface area contributed by atoms with Crippen LogP contribution in [0.5, 0.6) is 0 Å². The van der Waals surface area contributed by atoms with Crippen molar-refractivity contribution in [1.82, 2.24) is 4.90 Å². The zero-order valence-corrected chi connectivity index (χ0v) is 16.9. The van der Waals surface area contributed by atoms with Crippen LogP contribution in [-0.4, -0.2) is 41.9 Å². The van der Waals surface area contributed by atoms with Crippen molar-refractivity contribution in [3.63, 3.8) is 0 Å². The maximum Gasteiger partial charge on any atom is 0.269 e. The first-order valence-electron chi connectivity index (χ1n) is 10.3. The highest BCUT2D eigenvalue weighted by atomic mass is 16.6. The number of amides is 1. The lowest BCUT2D eigenvalue weighted by Crippen LogP contribution is -2.48. The highest BCUT2D eigenvalue weighted by Crippen LogP contribution is 2.30. The molecule has 1 aliphatic rings. The maximum atomic E-state index is 13.6. The molecule has 0 aliphatic carbocycles. The number of piperazine rings is 1. The van der Waals surface area contributed by atoms with Crippen LogP contribution in [-0.2, 0) is 0 Å². The fourth-order valence-electron chi connectivity index (χ4n) is 4.36. The van der Waals surface area contributed by atoms with Gasteiger partial charge in [0.1, 0.15) is 0 Å². The summed E-state index contributed by atoms with van der Waals surface area (Å²) in [7, 11) is 0. The molecule has 4 aromatic rings. The summed E-state index contributed by atoms with van der Waals surface area (Å²) < 4.78 is 0. The highest BCUT2D eigenvalue weighted by molar-refractivity contribution is 6.18. The van der Waals surface area contributed by atoms with Gasteiger partial charge in [0, 0.05) is 44.0 Å². The molecule has 5 rings (SSSR count). The fraction of sp³-hybridized carbons (Fsp3) is 0.160. The van der Waals surface area contributed by atoms with Crippen molar-refractivity contribution in [2.45, 2.75) is 0 Å². The van der Waals surface area contributed by atoms with Gasteiger partial charge in [-0.05, 0) is 39.7 Å². The van der Waals surface area contributed by atoms with E-state index in [1.54, 1.807) is 12.1 Å². The van der Waals surface area contributed by atoms with E-state index < -0.39 is 4.92 Å². The third kappa shape index (κ3) is 3.46. The second-order valence-corrected chi connectivity index (χ2v) is 7.75. The molecular formula is C25H21N3O3. The van der Waals surface area contributed by atoms with Gasteiger partial charge in [-0.25, -0.2) is 0 Å². The molecule has 0 atom stereocenters. The third-order valence-corrected chi connectivity index (χ3v) is 5.98. The van der Waals surface area contributed by atoms with E-state index >= 15 is 0 Å². The summed E-state index contributed by atoms with van der Waals surface area (Å²) in [5.41, 5.74) is 1.78. The Morgan fingerprint density at radius 3 is 1.87 bits per heavy atom. The fourth-order valence-corrected chi connectivity index (χ4v) is 4.36. The number of anilines is 1. The molecule has 0 saturated carbocycles. The molecule has 1 saturated heterocycles. The van der Waals surface area contributed by atoms with Crippen LogP contribution >= 0.6 is 0 Å². The predicted molar refractivity (Wildman–Crippen MR) is 123 cm³/mol. The van der Waals surface area contributed by atoms with Gasteiger partial charge in [0.2, 0.25) is 0 Å². The van der Waals surface area contributed by atoms with Crippen LogP contribution < -0.4 is 4.90 Å². The molecule has 1 fully saturated rings. The number of nitro benzene ring substituents is 1. The Hall–Kier alpha value is -3.93. The second kappa shape index (κ2) is 7.72. The topological polar surface area (TPSA) is 66.7 Å². The van der Waals surface area contributed by atoms with Crippen LogP contribution in [0.3, 0.4) is 0 Å². The van der Waals surface area contributed by atoms with E-state index in [2.05, 4.69) is 11.0 Å². The summed E-state index contributed by atoms with van der Waals surface area (Å²) in [6, 6.07) is 24.8. The molecule has 0 spiro atoms. The minimum Gasteiger partial charge on any atom is -0.368 e. The van der Waals surface area contributed by atoms with E-state index in [9.17, 15) is 14.9 Å². The Morgan fingerprint density at radius 1 is 0.774 bits per heavy atom. The molecule has 0 bridgehead atoms. The van der Waals surface area contributed by atoms with Gasteiger partial charge in [-0.1, -0.05) is 48.5 Å². The largest absolute Gasteiger partial charge is 0.368 e. The quantitative estimate of drug-likeness (QED) is 0.274. The van der Waals surface area contributed by atoms with Gasteiger partial charge in [-0.15, -0.1) is 0 Å². The van der Waals surface area contributed by atoms with Gasteiger partial charge in [0.15, 0.2) is 0 Å². The van der Waals surface area contributed by atoms with Crippen molar-refractivity contribution in [3.8, 4) is 0 Å². The number of nitro groups is 1. The lowest BCUT2D eigenvalue weighted by atomic mass is 9.95. The van der Waals surface area contributed by atoms with E-state index in [0.29, 0.717) is 26.2 Å². The third-order valence-electron chi connectivity index (χ3n) is 5.98. The molecule has 1 amide bonds. The lowest BCUT2D eigenvalue weighted by Gasteiger charge is -2.36. The van der Waals surface area contributed by atoms with Gasteiger partial charge >= 0.3 is 0 Å². The van der Waals surface area contributed by atoms with Crippen LogP contribution in [0.4, 0.5) is 11.4 Å². The normalized spacial score (nSPS) is 14.2. The molecule has 0 aromatic heterocycles. The summed E-state index contributed by atoms with van der Waals surface area (Å²) in [6.07, 6.45) is 0. The van der Waals surface area contributed by atoms with Crippen LogP contribution in [0.15, 0.2) is 78.9 Å². The molecule has 6 heteroatoms. The predicted octanol–water partition coefficient (Wildman–Crippen LogP) is 4.86. The summed E-state index contributed by atoms with van der Waals surface area (Å²) in [6.45, 7) is 2.58. The SMILES string of the molecule is O=C(c1c2ccccc2cc2ccccc12)N1CCN(c2ccc([N+](=O)[O-])cc2)CC1. The molecule has 4 aromatic carbocycles. The number of hydrogen-bond donors (Lipinski definition) is 0. The number of carbonyl (C=O) groups excluding carboxylic acids is 1. The van der Waals surface area contributed by atoms with E-state index in [1.807, 2.05) is 53.4 Å². The number of non-ortho nitro benzene ring substituents is 1. The average molecular weight is 411 g/mol. The highest BCUT2D eigenvalue weighted by Gasteiger charge is 2.25. The molecule has 154 valence electrons. The maximum absolute atomic E-state index is 13.6. The van der Waals surface area contributed by atoms with Crippen molar-refractivity contribution in [2.75, 3.05) is 31.1 Å². The Bertz CT molecular complexity index is 1240. The van der Waals surface area contributed by atoms with Gasteiger partial charge in [0.05, 0.1) is 10.5 Å². The molecule has 0 unspecified atom stereocenters. The van der Waals surface area contributed by atoms with E-state index in [4.69, 9.17) is 0 Å². The minimum atomic E-state index is -0.394.